The Balaban J connectivity index is 1.39. The van der Waals surface area contributed by atoms with Crippen LogP contribution in [-0.2, 0) is 17.8 Å². The van der Waals surface area contributed by atoms with Gasteiger partial charge in [0.25, 0.3) is 0 Å². The van der Waals surface area contributed by atoms with E-state index in [1.54, 1.807) is 0 Å². The summed E-state index contributed by atoms with van der Waals surface area (Å²) in [7, 11) is 0. The summed E-state index contributed by atoms with van der Waals surface area (Å²) >= 11 is 0. The van der Waals surface area contributed by atoms with Crippen molar-refractivity contribution in [3.63, 3.8) is 0 Å². The van der Waals surface area contributed by atoms with Gasteiger partial charge in [-0.05, 0) is 49.2 Å². The normalized spacial score (nSPS) is 12.2. The number of carbonyl (C=O) groups is 1. The van der Waals surface area contributed by atoms with Gasteiger partial charge in [0.1, 0.15) is 23.9 Å². The van der Waals surface area contributed by atoms with Crippen LogP contribution in [-0.4, -0.2) is 41.8 Å². The maximum absolute atomic E-state index is 11.3. The second kappa shape index (κ2) is 10.6. The SMILES string of the molecule is CCCNC(Cc1ccc(OCCNCc2nc3ccccc3o2)cc1)C(=O)O. The Hall–Kier alpha value is -2.90. The number of benzene rings is 2. The van der Waals surface area contributed by atoms with Crippen LogP contribution < -0.4 is 15.4 Å². The molecule has 0 amide bonds. The third-order valence-corrected chi connectivity index (χ3v) is 4.46. The van der Waals surface area contributed by atoms with E-state index in [-0.39, 0.29) is 0 Å². The number of carboxylic acids is 1. The standard InChI is InChI=1S/C22H27N3O4/c1-2-11-24-19(22(26)27)14-16-7-9-17(10-8-16)28-13-12-23-15-21-25-18-5-3-4-6-20(18)29-21/h3-10,19,23-24H,2,11-15H2,1H3,(H,26,27). The number of hydrogen-bond donors (Lipinski definition) is 3. The van der Waals surface area contributed by atoms with E-state index in [1.807, 2.05) is 55.5 Å². The molecule has 29 heavy (non-hydrogen) atoms. The highest BCUT2D eigenvalue weighted by molar-refractivity contribution is 5.74. The number of nitrogens with zero attached hydrogens (tertiary/aromatic N) is 1. The number of ether oxygens (including phenoxy) is 1. The van der Waals surface area contributed by atoms with Gasteiger partial charge in [0, 0.05) is 6.54 Å². The zero-order chi connectivity index (χ0) is 20.5. The van der Waals surface area contributed by atoms with E-state index < -0.39 is 12.0 Å². The highest BCUT2D eigenvalue weighted by Crippen LogP contribution is 2.15. The molecule has 1 aromatic heterocycles. The molecular weight excluding hydrogens is 370 g/mol. The number of aromatic nitrogens is 1. The largest absolute Gasteiger partial charge is 0.492 e. The summed E-state index contributed by atoms with van der Waals surface area (Å²) < 4.78 is 11.4. The number of hydrogen-bond acceptors (Lipinski definition) is 6. The van der Waals surface area contributed by atoms with E-state index in [0.717, 1.165) is 28.8 Å². The van der Waals surface area contributed by atoms with Gasteiger partial charge in [0.15, 0.2) is 5.58 Å². The third kappa shape index (κ3) is 6.30. The Morgan fingerprint density at radius 2 is 1.97 bits per heavy atom. The minimum atomic E-state index is -0.830. The first-order valence-electron chi connectivity index (χ1n) is 9.89. The van der Waals surface area contributed by atoms with Crippen molar-refractivity contribution in [3.05, 3.63) is 60.0 Å². The van der Waals surface area contributed by atoms with Crippen molar-refractivity contribution in [2.24, 2.45) is 0 Å². The maximum atomic E-state index is 11.3. The molecule has 0 radical (unpaired) electrons. The van der Waals surface area contributed by atoms with Gasteiger partial charge in [0.05, 0.1) is 6.54 Å². The fourth-order valence-corrected chi connectivity index (χ4v) is 2.95. The molecule has 0 fully saturated rings. The Morgan fingerprint density at radius 3 is 2.69 bits per heavy atom. The van der Waals surface area contributed by atoms with Crippen molar-refractivity contribution in [1.29, 1.82) is 0 Å². The van der Waals surface area contributed by atoms with Gasteiger partial charge in [-0.15, -0.1) is 0 Å². The van der Waals surface area contributed by atoms with Crippen molar-refractivity contribution < 1.29 is 19.1 Å². The molecule has 0 aliphatic heterocycles. The summed E-state index contributed by atoms with van der Waals surface area (Å²) in [5.74, 6) is 0.579. The second-order valence-electron chi connectivity index (χ2n) is 6.79. The molecular formula is C22H27N3O4. The van der Waals surface area contributed by atoms with E-state index >= 15 is 0 Å². The first-order valence-corrected chi connectivity index (χ1v) is 9.89. The van der Waals surface area contributed by atoms with E-state index in [0.29, 0.717) is 38.6 Å². The highest BCUT2D eigenvalue weighted by atomic mass is 16.5. The first-order chi connectivity index (χ1) is 14.2. The summed E-state index contributed by atoms with van der Waals surface area (Å²) in [4.78, 5) is 15.7. The van der Waals surface area contributed by atoms with Gasteiger partial charge < -0.3 is 24.9 Å². The number of oxazole rings is 1. The van der Waals surface area contributed by atoms with Crippen LogP contribution in [0.3, 0.4) is 0 Å². The number of nitrogens with one attached hydrogen (secondary N) is 2. The van der Waals surface area contributed by atoms with Crippen molar-refractivity contribution in [2.75, 3.05) is 19.7 Å². The number of rotatable bonds is 12. The molecule has 3 aromatic rings. The van der Waals surface area contributed by atoms with Crippen LogP contribution >= 0.6 is 0 Å². The van der Waals surface area contributed by atoms with Crippen LogP contribution in [0.1, 0.15) is 24.8 Å². The first kappa shape index (κ1) is 20.8. The molecule has 0 bridgehead atoms. The average Bonchev–Trinajstić information content (AvgIpc) is 3.14. The van der Waals surface area contributed by atoms with Gasteiger partial charge >= 0.3 is 5.97 Å². The van der Waals surface area contributed by atoms with Gasteiger partial charge in [-0.2, -0.15) is 0 Å². The lowest BCUT2D eigenvalue weighted by atomic mass is 10.1. The molecule has 1 unspecified atom stereocenters. The minimum absolute atomic E-state index is 0.446. The Kier molecular flexibility index (Phi) is 7.61. The van der Waals surface area contributed by atoms with E-state index in [9.17, 15) is 9.90 Å². The predicted molar refractivity (Wildman–Crippen MR) is 111 cm³/mol. The van der Waals surface area contributed by atoms with Crippen LogP contribution in [0.5, 0.6) is 5.75 Å². The van der Waals surface area contributed by atoms with Crippen LogP contribution in [0.15, 0.2) is 52.9 Å². The van der Waals surface area contributed by atoms with Crippen molar-refractivity contribution in [1.82, 2.24) is 15.6 Å². The Bertz CT molecular complexity index is 875. The molecule has 1 heterocycles. The van der Waals surface area contributed by atoms with E-state index in [2.05, 4.69) is 15.6 Å². The lowest BCUT2D eigenvalue weighted by Crippen LogP contribution is -2.38. The van der Waals surface area contributed by atoms with Crippen LogP contribution in [0.2, 0.25) is 0 Å². The lowest BCUT2D eigenvalue weighted by Gasteiger charge is -2.14. The summed E-state index contributed by atoms with van der Waals surface area (Å²) in [6, 6.07) is 14.7. The van der Waals surface area contributed by atoms with Crippen molar-refractivity contribution >= 4 is 17.1 Å². The maximum Gasteiger partial charge on any atom is 0.321 e. The van der Waals surface area contributed by atoms with E-state index in [4.69, 9.17) is 9.15 Å². The van der Waals surface area contributed by atoms with Crippen LogP contribution in [0, 0.1) is 0 Å². The summed E-state index contributed by atoms with van der Waals surface area (Å²) in [6.45, 7) is 4.41. The molecule has 1 atom stereocenters. The molecule has 154 valence electrons. The fourth-order valence-electron chi connectivity index (χ4n) is 2.95. The van der Waals surface area contributed by atoms with Gasteiger partial charge in [-0.3, -0.25) is 4.79 Å². The molecule has 7 heteroatoms. The van der Waals surface area contributed by atoms with E-state index in [1.165, 1.54) is 0 Å². The smallest absolute Gasteiger partial charge is 0.321 e. The fraction of sp³-hybridized carbons (Fsp3) is 0.364. The minimum Gasteiger partial charge on any atom is -0.492 e. The predicted octanol–water partition coefficient (Wildman–Crippen LogP) is 2.99. The van der Waals surface area contributed by atoms with Gasteiger partial charge in [-0.25, -0.2) is 4.98 Å². The molecule has 7 nitrogen and oxygen atoms in total. The summed E-state index contributed by atoms with van der Waals surface area (Å²) in [6.07, 6.45) is 1.35. The zero-order valence-corrected chi connectivity index (χ0v) is 16.6. The third-order valence-electron chi connectivity index (χ3n) is 4.46. The van der Waals surface area contributed by atoms with Gasteiger partial charge in [0.2, 0.25) is 5.89 Å². The highest BCUT2D eigenvalue weighted by Gasteiger charge is 2.16. The molecule has 3 rings (SSSR count). The lowest BCUT2D eigenvalue weighted by molar-refractivity contribution is -0.139. The Morgan fingerprint density at radius 1 is 1.17 bits per heavy atom. The van der Waals surface area contributed by atoms with Crippen LogP contribution in [0.4, 0.5) is 0 Å². The average molecular weight is 397 g/mol. The molecule has 3 N–H and O–H groups in total. The Labute approximate surface area is 170 Å². The second-order valence-corrected chi connectivity index (χ2v) is 6.79. The summed E-state index contributed by atoms with van der Waals surface area (Å²) in [5, 5.41) is 15.6. The molecule has 0 aliphatic rings. The quantitative estimate of drug-likeness (QED) is 0.404. The monoisotopic (exact) mass is 397 g/mol. The molecule has 2 aromatic carbocycles. The zero-order valence-electron chi connectivity index (χ0n) is 16.6. The topological polar surface area (TPSA) is 96.6 Å². The van der Waals surface area contributed by atoms with Crippen LogP contribution in [0.25, 0.3) is 11.1 Å². The summed E-state index contributed by atoms with van der Waals surface area (Å²) in [5.41, 5.74) is 2.61. The number of fused-ring (bicyclic) bond motifs is 1. The van der Waals surface area contributed by atoms with Crippen molar-refractivity contribution in [3.8, 4) is 5.75 Å². The molecule has 0 aliphatic carbocycles. The number of para-hydroxylation sites is 2. The number of carboxylic acid groups (broad SMARTS) is 1. The molecule has 0 saturated heterocycles. The molecule has 0 saturated carbocycles. The van der Waals surface area contributed by atoms with Crippen molar-refractivity contribution in [2.45, 2.75) is 32.4 Å². The van der Waals surface area contributed by atoms with Gasteiger partial charge in [-0.1, -0.05) is 31.2 Å². The number of aliphatic carboxylic acids is 1. The molecule has 0 spiro atoms.